The summed E-state index contributed by atoms with van der Waals surface area (Å²) in [6, 6.07) is 7.63. The van der Waals surface area contributed by atoms with Crippen LogP contribution in [0.3, 0.4) is 0 Å². The van der Waals surface area contributed by atoms with E-state index in [0.29, 0.717) is 12.4 Å². The second kappa shape index (κ2) is 7.62. The molecule has 4 heteroatoms. The largest absolute Gasteiger partial charge is 0.486 e. The zero-order valence-electron chi connectivity index (χ0n) is 12.9. The maximum Gasteiger partial charge on any atom is 0.139 e. The highest BCUT2D eigenvalue weighted by Crippen LogP contribution is 2.28. The molecule has 2 atom stereocenters. The number of aliphatic hydroxyl groups excluding tert-OH is 1. The molecule has 0 aromatic heterocycles. The lowest BCUT2D eigenvalue weighted by Gasteiger charge is -2.25. The fourth-order valence-electron chi connectivity index (χ4n) is 1.92. The third-order valence-electron chi connectivity index (χ3n) is 3.82. The zero-order valence-corrected chi connectivity index (χ0v) is 12.9. The van der Waals surface area contributed by atoms with Gasteiger partial charge in [0, 0.05) is 7.11 Å². The van der Waals surface area contributed by atoms with Gasteiger partial charge < -0.3 is 20.3 Å². The molecule has 3 N–H and O–H groups in total. The first-order chi connectivity index (χ1) is 9.44. The molecule has 1 rings (SSSR count). The molecular formula is C16H27NO3. The smallest absolute Gasteiger partial charge is 0.139 e. The highest BCUT2D eigenvalue weighted by atomic mass is 16.5. The number of rotatable bonds is 8. The van der Waals surface area contributed by atoms with Gasteiger partial charge in [0.2, 0.25) is 0 Å². The monoisotopic (exact) mass is 281 g/mol. The number of aliphatic hydroxyl groups is 1. The van der Waals surface area contributed by atoms with Crippen molar-refractivity contribution < 1.29 is 14.6 Å². The predicted molar refractivity (Wildman–Crippen MR) is 81.1 cm³/mol. The molecule has 4 nitrogen and oxygen atoms in total. The summed E-state index contributed by atoms with van der Waals surface area (Å²) >= 11 is 0. The summed E-state index contributed by atoms with van der Waals surface area (Å²) < 4.78 is 10.7. The molecule has 1 aromatic rings. The molecule has 0 amide bonds. The summed E-state index contributed by atoms with van der Waals surface area (Å²) in [7, 11) is 1.58. The lowest BCUT2D eigenvalue weighted by Crippen LogP contribution is -2.44. The Kier molecular flexibility index (Phi) is 6.46. The SMILES string of the molecule is CCC(C)(C)c1ccc(OC(CO)C(N)COC)cc1. The average Bonchev–Trinajstić information content (AvgIpc) is 2.45. The van der Waals surface area contributed by atoms with Crippen LogP contribution in [0.25, 0.3) is 0 Å². The van der Waals surface area contributed by atoms with Gasteiger partial charge in [-0.2, -0.15) is 0 Å². The van der Waals surface area contributed by atoms with Crippen LogP contribution in [-0.2, 0) is 10.2 Å². The van der Waals surface area contributed by atoms with Crippen LogP contribution in [0.1, 0.15) is 32.8 Å². The molecule has 1 aromatic carbocycles. The minimum atomic E-state index is -0.458. The highest BCUT2D eigenvalue weighted by molar-refractivity contribution is 5.31. The molecule has 0 saturated carbocycles. The number of hydrogen-bond donors (Lipinski definition) is 2. The van der Waals surface area contributed by atoms with Crippen LogP contribution in [0.5, 0.6) is 5.75 Å². The van der Waals surface area contributed by atoms with Crippen molar-refractivity contribution in [2.75, 3.05) is 20.3 Å². The molecule has 0 aliphatic carbocycles. The average molecular weight is 281 g/mol. The van der Waals surface area contributed by atoms with Crippen molar-refractivity contribution in [3.05, 3.63) is 29.8 Å². The van der Waals surface area contributed by atoms with Crippen molar-refractivity contribution in [1.29, 1.82) is 0 Å². The number of ether oxygens (including phenoxy) is 2. The van der Waals surface area contributed by atoms with Crippen molar-refractivity contribution in [3.63, 3.8) is 0 Å². The topological polar surface area (TPSA) is 64.7 Å². The normalized spacial score (nSPS) is 14.9. The first kappa shape index (κ1) is 17.0. The Balaban J connectivity index is 2.73. The van der Waals surface area contributed by atoms with E-state index in [2.05, 4.69) is 32.9 Å². The summed E-state index contributed by atoms with van der Waals surface area (Å²) in [5, 5.41) is 9.35. The van der Waals surface area contributed by atoms with E-state index in [-0.39, 0.29) is 18.1 Å². The van der Waals surface area contributed by atoms with Crippen LogP contribution in [0.15, 0.2) is 24.3 Å². The van der Waals surface area contributed by atoms with E-state index in [9.17, 15) is 5.11 Å². The van der Waals surface area contributed by atoms with E-state index in [1.54, 1.807) is 7.11 Å². The quantitative estimate of drug-likeness (QED) is 0.766. The lowest BCUT2D eigenvalue weighted by molar-refractivity contribution is 0.0605. The van der Waals surface area contributed by atoms with Gasteiger partial charge in [-0.1, -0.05) is 32.9 Å². The van der Waals surface area contributed by atoms with Crippen LogP contribution in [-0.4, -0.2) is 37.6 Å². The van der Waals surface area contributed by atoms with Gasteiger partial charge in [-0.3, -0.25) is 0 Å². The van der Waals surface area contributed by atoms with Gasteiger partial charge >= 0.3 is 0 Å². The molecule has 0 fully saturated rings. The van der Waals surface area contributed by atoms with Gasteiger partial charge in [-0.05, 0) is 29.5 Å². The van der Waals surface area contributed by atoms with Crippen molar-refractivity contribution >= 4 is 0 Å². The summed E-state index contributed by atoms with van der Waals surface area (Å²) in [5.74, 6) is 0.714. The van der Waals surface area contributed by atoms with E-state index in [1.807, 2.05) is 12.1 Å². The molecule has 2 unspecified atom stereocenters. The molecular weight excluding hydrogens is 254 g/mol. The van der Waals surface area contributed by atoms with E-state index >= 15 is 0 Å². The first-order valence-electron chi connectivity index (χ1n) is 7.07. The maximum atomic E-state index is 9.35. The Labute approximate surface area is 121 Å². The Morgan fingerprint density at radius 3 is 2.30 bits per heavy atom. The molecule has 0 aliphatic heterocycles. The van der Waals surface area contributed by atoms with Gasteiger partial charge in [0.1, 0.15) is 11.9 Å². The third-order valence-corrected chi connectivity index (χ3v) is 3.82. The van der Waals surface area contributed by atoms with Crippen LogP contribution in [0, 0.1) is 0 Å². The standard InChI is InChI=1S/C16H27NO3/c1-5-16(2,3)12-6-8-13(9-7-12)20-15(10-18)14(17)11-19-4/h6-9,14-15,18H,5,10-11,17H2,1-4H3. The number of benzene rings is 1. The van der Waals surface area contributed by atoms with Gasteiger partial charge in [-0.15, -0.1) is 0 Å². The summed E-state index contributed by atoms with van der Waals surface area (Å²) in [4.78, 5) is 0. The molecule has 114 valence electrons. The number of hydrogen-bond acceptors (Lipinski definition) is 4. The minimum Gasteiger partial charge on any atom is -0.486 e. The second-order valence-corrected chi connectivity index (χ2v) is 5.72. The highest BCUT2D eigenvalue weighted by Gasteiger charge is 2.20. The van der Waals surface area contributed by atoms with E-state index in [1.165, 1.54) is 5.56 Å². The third kappa shape index (κ3) is 4.47. The Hall–Kier alpha value is -1.10. The fraction of sp³-hybridized carbons (Fsp3) is 0.625. The van der Waals surface area contributed by atoms with Crippen molar-refractivity contribution in [2.24, 2.45) is 5.73 Å². The van der Waals surface area contributed by atoms with Crippen LogP contribution in [0.4, 0.5) is 0 Å². The van der Waals surface area contributed by atoms with E-state index < -0.39 is 6.10 Å². The molecule has 0 spiro atoms. The molecule has 0 aliphatic rings. The molecule has 0 radical (unpaired) electrons. The van der Waals surface area contributed by atoms with Crippen molar-refractivity contribution in [1.82, 2.24) is 0 Å². The van der Waals surface area contributed by atoms with Gasteiger partial charge in [0.05, 0.1) is 19.3 Å². The predicted octanol–water partition coefficient (Wildman–Crippen LogP) is 2.09. The summed E-state index contributed by atoms with van der Waals surface area (Å²) in [6.45, 7) is 6.83. The zero-order chi connectivity index (χ0) is 15.2. The lowest BCUT2D eigenvalue weighted by atomic mass is 9.82. The maximum absolute atomic E-state index is 9.35. The first-order valence-corrected chi connectivity index (χ1v) is 7.07. The summed E-state index contributed by atoms with van der Waals surface area (Å²) in [6.07, 6.45) is 0.616. The Bertz CT molecular complexity index is 389. The number of methoxy groups -OCH3 is 1. The van der Waals surface area contributed by atoms with Crippen LogP contribution in [0.2, 0.25) is 0 Å². The molecule has 0 bridgehead atoms. The molecule has 0 heterocycles. The van der Waals surface area contributed by atoms with Crippen molar-refractivity contribution in [2.45, 2.75) is 44.8 Å². The Morgan fingerprint density at radius 2 is 1.85 bits per heavy atom. The summed E-state index contributed by atoms with van der Waals surface area (Å²) in [5.41, 5.74) is 7.32. The van der Waals surface area contributed by atoms with Gasteiger partial charge in [0.15, 0.2) is 0 Å². The van der Waals surface area contributed by atoms with E-state index in [4.69, 9.17) is 15.2 Å². The van der Waals surface area contributed by atoms with E-state index in [0.717, 1.165) is 6.42 Å². The van der Waals surface area contributed by atoms with Crippen molar-refractivity contribution in [3.8, 4) is 5.75 Å². The van der Waals surface area contributed by atoms with Gasteiger partial charge in [-0.25, -0.2) is 0 Å². The molecule has 0 saturated heterocycles. The second-order valence-electron chi connectivity index (χ2n) is 5.72. The minimum absolute atomic E-state index is 0.132. The van der Waals surface area contributed by atoms with Gasteiger partial charge in [0.25, 0.3) is 0 Å². The Morgan fingerprint density at radius 1 is 1.25 bits per heavy atom. The molecule has 20 heavy (non-hydrogen) atoms. The van der Waals surface area contributed by atoms with Crippen LogP contribution >= 0.6 is 0 Å². The van der Waals surface area contributed by atoms with Crippen LogP contribution < -0.4 is 10.5 Å². The number of nitrogens with two attached hydrogens (primary N) is 1. The fourth-order valence-corrected chi connectivity index (χ4v) is 1.92.